The molecule has 2 rings (SSSR count). The molecule has 0 atom stereocenters. The predicted octanol–water partition coefficient (Wildman–Crippen LogP) is 3.31. The molecule has 29 heavy (non-hydrogen) atoms. The zero-order chi connectivity index (χ0) is 21.4. The lowest BCUT2D eigenvalue weighted by Gasteiger charge is -2.19. The summed E-state index contributed by atoms with van der Waals surface area (Å²) in [4.78, 5) is 30.5. The summed E-state index contributed by atoms with van der Waals surface area (Å²) in [6.45, 7) is 6.26. The first-order chi connectivity index (χ1) is 13.8. The largest absolute Gasteiger partial charge is 0.378 e. The number of nitrogens with zero attached hydrogens (tertiary/aromatic N) is 3. The van der Waals surface area contributed by atoms with Crippen molar-refractivity contribution < 1.29 is 9.59 Å². The fourth-order valence-corrected chi connectivity index (χ4v) is 3.10. The van der Waals surface area contributed by atoms with Crippen LogP contribution in [0.5, 0.6) is 0 Å². The average Bonchev–Trinajstić information content (AvgIpc) is 2.69. The van der Waals surface area contributed by atoms with Crippen molar-refractivity contribution in [3.63, 3.8) is 0 Å². The second-order valence-corrected chi connectivity index (χ2v) is 7.34. The van der Waals surface area contributed by atoms with Crippen molar-refractivity contribution in [1.82, 2.24) is 9.80 Å². The minimum Gasteiger partial charge on any atom is -0.378 e. The van der Waals surface area contributed by atoms with E-state index >= 15 is 0 Å². The monoisotopic (exact) mass is 396 g/mol. The molecule has 0 unspecified atom stereocenters. The van der Waals surface area contributed by atoms with E-state index in [-0.39, 0.29) is 18.4 Å². The molecule has 0 spiro atoms. The molecule has 2 aromatic rings. The Hall–Kier alpha value is -2.86. The Balaban J connectivity index is 1.87. The van der Waals surface area contributed by atoms with Crippen molar-refractivity contribution >= 4 is 23.2 Å². The molecule has 2 aromatic carbocycles. The van der Waals surface area contributed by atoms with Gasteiger partial charge < -0.3 is 15.1 Å². The van der Waals surface area contributed by atoms with Crippen molar-refractivity contribution in [2.24, 2.45) is 0 Å². The van der Waals surface area contributed by atoms with Gasteiger partial charge in [0.2, 0.25) is 5.91 Å². The maximum Gasteiger partial charge on any atom is 0.253 e. The average molecular weight is 397 g/mol. The number of nitrogens with one attached hydrogen (secondary N) is 1. The third kappa shape index (κ3) is 6.61. The van der Waals surface area contributed by atoms with Crippen LogP contribution in [0.25, 0.3) is 0 Å². The molecule has 0 saturated heterocycles. The van der Waals surface area contributed by atoms with E-state index < -0.39 is 0 Å². The van der Waals surface area contributed by atoms with Crippen molar-refractivity contribution in [1.29, 1.82) is 0 Å². The first-order valence-electron chi connectivity index (χ1n) is 9.98. The Morgan fingerprint density at radius 3 is 1.97 bits per heavy atom. The second kappa shape index (κ2) is 10.6. The summed E-state index contributed by atoms with van der Waals surface area (Å²) in [5.41, 5.74) is 3.63. The number of likely N-dealkylation sites (N-methyl/N-ethyl adjacent to an activating group) is 1. The molecule has 2 amide bonds. The first-order valence-corrected chi connectivity index (χ1v) is 9.98. The molecule has 0 fully saturated rings. The molecule has 0 bridgehead atoms. The summed E-state index contributed by atoms with van der Waals surface area (Å²) < 4.78 is 0. The zero-order valence-electron chi connectivity index (χ0n) is 18.1. The summed E-state index contributed by atoms with van der Waals surface area (Å²) in [5, 5.41) is 2.89. The number of carbonyl (C=O) groups excluding carboxylic acids is 2. The van der Waals surface area contributed by atoms with Gasteiger partial charge in [-0.3, -0.25) is 14.5 Å². The topological polar surface area (TPSA) is 55.9 Å². The van der Waals surface area contributed by atoms with Gasteiger partial charge in [-0.1, -0.05) is 12.1 Å². The molecule has 156 valence electrons. The van der Waals surface area contributed by atoms with Crippen LogP contribution in [0.2, 0.25) is 0 Å². The molecule has 0 heterocycles. The molecule has 0 aliphatic heterocycles. The third-order valence-corrected chi connectivity index (χ3v) is 4.79. The maximum atomic E-state index is 12.3. The first kappa shape index (κ1) is 22.4. The lowest BCUT2D eigenvalue weighted by atomic mass is 10.1. The van der Waals surface area contributed by atoms with Crippen LogP contribution in [0.3, 0.4) is 0 Å². The highest BCUT2D eigenvalue weighted by molar-refractivity contribution is 5.96. The van der Waals surface area contributed by atoms with Gasteiger partial charge in [-0.15, -0.1) is 0 Å². The van der Waals surface area contributed by atoms with Gasteiger partial charge in [-0.25, -0.2) is 0 Å². The van der Waals surface area contributed by atoms with Crippen molar-refractivity contribution in [2.75, 3.05) is 51.0 Å². The molecule has 0 aromatic heterocycles. The molecule has 6 nitrogen and oxygen atoms in total. The van der Waals surface area contributed by atoms with Crippen molar-refractivity contribution in [3.8, 4) is 0 Å². The van der Waals surface area contributed by atoms with Crippen LogP contribution < -0.4 is 10.2 Å². The van der Waals surface area contributed by atoms with E-state index in [1.54, 1.807) is 29.2 Å². The Bertz CT molecular complexity index is 797. The molecule has 0 aliphatic rings. The van der Waals surface area contributed by atoms with Crippen LogP contribution in [-0.2, 0) is 11.3 Å². The maximum absolute atomic E-state index is 12.3. The molecule has 0 saturated carbocycles. The van der Waals surface area contributed by atoms with E-state index in [0.717, 1.165) is 11.3 Å². The van der Waals surface area contributed by atoms with Crippen LogP contribution in [0.4, 0.5) is 11.4 Å². The molecule has 1 N–H and O–H groups in total. The van der Waals surface area contributed by atoms with Gasteiger partial charge >= 0.3 is 0 Å². The lowest BCUT2D eigenvalue weighted by molar-refractivity contribution is -0.117. The zero-order valence-corrected chi connectivity index (χ0v) is 18.1. The fraction of sp³-hybridized carbons (Fsp3) is 0.391. The highest BCUT2D eigenvalue weighted by Crippen LogP contribution is 2.14. The van der Waals surface area contributed by atoms with Crippen LogP contribution in [0, 0.1) is 0 Å². The van der Waals surface area contributed by atoms with Gasteiger partial charge in [0, 0.05) is 50.7 Å². The highest BCUT2D eigenvalue weighted by atomic mass is 16.2. The summed E-state index contributed by atoms with van der Waals surface area (Å²) in [6, 6.07) is 15.4. The molecule has 0 aliphatic carbocycles. The van der Waals surface area contributed by atoms with E-state index in [0.29, 0.717) is 30.9 Å². The number of rotatable bonds is 9. The van der Waals surface area contributed by atoms with Crippen molar-refractivity contribution in [3.05, 3.63) is 59.7 Å². The number of carbonyl (C=O) groups is 2. The highest BCUT2D eigenvalue weighted by Gasteiger charge is 2.13. The van der Waals surface area contributed by atoms with Gasteiger partial charge in [-0.2, -0.15) is 0 Å². The van der Waals surface area contributed by atoms with Crippen LogP contribution in [0.1, 0.15) is 29.8 Å². The Labute approximate surface area is 174 Å². The van der Waals surface area contributed by atoms with E-state index in [2.05, 4.69) is 34.5 Å². The Morgan fingerprint density at radius 1 is 0.862 bits per heavy atom. The Morgan fingerprint density at radius 2 is 1.45 bits per heavy atom. The minimum absolute atomic E-state index is 0.00731. The van der Waals surface area contributed by atoms with Gasteiger partial charge in [-0.05, 0) is 62.9 Å². The summed E-state index contributed by atoms with van der Waals surface area (Å²) in [6.07, 6.45) is 0. The number of benzene rings is 2. The number of hydrogen-bond donors (Lipinski definition) is 1. The van der Waals surface area contributed by atoms with E-state index in [1.807, 2.05) is 39.9 Å². The fourth-order valence-electron chi connectivity index (χ4n) is 3.10. The predicted molar refractivity (Wildman–Crippen MR) is 119 cm³/mol. The molecule has 0 radical (unpaired) electrons. The van der Waals surface area contributed by atoms with Crippen molar-refractivity contribution in [2.45, 2.75) is 20.4 Å². The quantitative estimate of drug-likeness (QED) is 0.707. The van der Waals surface area contributed by atoms with Crippen LogP contribution in [-0.4, -0.2) is 62.4 Å². The lowest BCUT2D eigenvalue weighted by Crippen LogP contribution is -2.30. The normalized spacial score (nSPS) is 10.7. The summed E-state index contributed by atoms with van der Waals surface area (Å²) >= 11 is 0. The van der Waals surface area contributed by atoms with E-state index in [4.69, 9.17) is 0 Å². The SMILES string of the molecule is CCN(CC)C(=O)c1ccc(NC(=O)CN(C)Cc2ccc(N(C)C)cc2)cc1. The van der Waals surface area contributed by atoms with Crippen LogP contribution >= 0.6 is 0 Å². The molecular formula is C23H32N4O2. The van der Waals surface area contributed by atoms with Gasteiger partial charge in [0.25, 0.3) is 5.91 Å². The van der Waals surface area contributed by atoms with Crippen LogP contribution in [0.15, 0.2) is 48.5 Å². The van der Waals surface area contributed by atoms with E-state index in [1.165, 1.54) is 0 Å². The third-order valence-electron chi connectivity index (χ3n) is 4.79. The molecule has 6 heteroatoms. The smallest absolute Gasteiger partial charge is 0.253 e. The number of hydrogen-bond acceptors (Lipinski definition) is 4. The van der Waals surface area contributed by atoms with Gasteiger partial charge in [0.05, 0.1) is 6.54 Å². The summed E-state index contributed by atoms with van der Waals surface area (Å²) in [7, 11) is 5.94. The minimum atomic E-state index is -0.0831. The van der Waals surface area contributed by atoms with Gasteiger partial charge in [0.1, 0.15) is 0 Å². The number of amides is 2. The second-order valence-electron chi connectivity index (χ2n) is 7.34. The Kier molecular flexibility index (Phi) is 8.21. The number of anilines is 2. The van der Waals surface area contributed by atoms with Gasteiger partial charge in [0.15, 0.2) is 0 Å². The standard InChI is InChI=1S/C23H32N4O2/c1-6-27(7-2)23(29)19-10-12-20(13-11-19)24-22(28)17-26(5)16-18-8-14-21(15-9-18)25(3)4/h8-15H,6-7,16-17H2,1-5H3,(H,24,28). The van der Waals surface area contributed by atoms with E-state index in [9.17, 15) is 9.59 Å². The molecular weight excluding hydrogens is 364 g/mol. The summed E-state index contributed by atoms with van der Waals surface area (Å²) in [5.74, 6) is -0.0758.